The minimum Gasteiger partial charge on any atom is -0.468 e. The Morgan fingerprint density at radius 1 is 0.868 bits per heavy atom. The first-order valence-electron chi connectivity index (χ1n) is 11.6. The number of amides is 1. The summed E-state index contributed by atoms with van der Waals surface area (Å²) in [5.74, 6) is -3.67. The van der Waals surface area contributed by atoms with Crippen molar-refractivity contribution in [1.29, 1.82) is 0 Å². The van der Waals surface area contributed by atoms with Crippen LogP contribution < -0.4 is 5.32 Å². The third-order valence-electron chi connectivity index (χ3n) is 5.95. The van der Waals surface area contributed by atoms with Crippen LogP contribution in [-0.2, 0) is 9.53 Å². The van der Waals surface area contributed by atoms with Crippen molar-refractivity contribution in [1.82, 2.24) is 10.3 Å². The third-order valence-corrected chi connectivity index (χ3v) is 6.75. The normalized spacial score (nSPS) is 10.6. The van der Waals surface area contributed by atoms with Gasteiger partial charge < -0.3 is 10.1 Å². The molecule has 192 valence electrons. The number of hydrogen-bond acceptors (Lipinski definition) is 4. The van der Waals surface area contributed by atoms with E-state index in [1.54, 1.807) is 0 Å². The molecule has 0 aliphatic rings. The van der Waals surface area contributed by atoms with E-state index in [4.69, 9.17) is 4.98 Å². The average Bonchev–Trinajstić information content (AvgIpc) is 2.93. The van der Waals surface area contributed by atoms with Gasteiger partial charge >= 0.3 is 5.97 Å². The number of halogens is 3. The lowest BCUT2D eigenvalue weighted by atomic mass is 9.97. The van der Waals surface area contributed by atoms with Crippen molar-refractivity contribution in [2.45, 2.75) is 6.92 Å². The monoisotopic (exact) mass is 576 g/mol. The molecule has 5 aromatic rings. The largest absolute Gasteiger partial charge is 0.468 e. The van der Waals surface area contributed by atoms with E-state index in [2.05, 4.69) is 82.2 Å². The molecule has 0 saturated heterocycles. The standard InChI is InChI=1S/C20H14BrN.C10H9F2NO3/c1-13-10-11-18(17-9-5-4-7-15(13)17)20-19(21)16-8-3-2-6-14(16)12-22-20;1-16-8(14)5-13-10(15)9-6(11)3-2-4-7(9)12/h2-12H,1H3;2-4H,5H2,1H3,(H,13,15). The number of nitrogens with zero attached hydrogens (tertiary/aromatic N) is 1. The minimum absolute atomic E-state index is 0.441. The number of aromatic nitrogens is 1. The SMILES string of the molecule is COC(=O)CNC(=O)c1c(F)cccc1F.Cc1ccc(-c2ncc3ccccc3c2Br)c2ccccc12. The number of ether oxygens (including phenoxy) is 1. The highest BCUT2D eigenvalue weighted by Crippen LogP contribution is 2.36. The number of hydrogen-bond donors (Lipinski definition) is 1. The topological polar surface area (TPSA) is 68.3 Å². The molecule has 0 saturated carbocycles. The molecule has 0 fully saturated rings. The van der Waals surface area contributed by atoms with Crippen LogP contribution in [0, 0.1) is 18.6 Å². The Labute approximate surface area is 226 Å². The molecule has 5 rings (SSSR count). The highest BCUT2D eigenvalue weighted by molar-refractivity contribution is 9.10. The van der Waals surface area contributed by atoms with Crippen molar-refractivity contribution in [3.63, 3.8) is 0 Å². The van der Waals surface area contributed by atoms with Gasteiger partial charge in [-0.15, -0.1) is 0 Å². The van der Waals surface area contributed by atoms with Gasteiger partial charge in [-0.05, 0) is 56.7 Å². The van der Waals surface area contributed by atoms with E-state index < -0.39 is 35.6 Å². The summed E-state index contributed by atoms with van der Waals surface area (Å²) in [5.41, 5.74) is 2.73. The van der Waals surface area contributed by atoms with Crippen LogP contribution in [0.4, 0.5) is 8.78 Å². The molecule has 1 amide bonds. The fourth-order valence-corrected chi connectivity index (χ4v) is 4.68. The first kappa shape index (κ1) is 26.9. The number of nitrogens with one attached hydrogen (secondary N) is 1. The van der Waals surface area contributed by atoms with Crippen LogP contribution in [0.15, 0.2) is 89.5 Å². The van der Waals surface area contributed by atoms with Crippen molar-refractivity contribution < 1.29 is 23.1 Å². The van der Waals surface area contributed by atoms with Crippen LogP contribution in [0.2, 0.25) is 0 Å². The van der Waals surface area contributed by atoms with Crippen LogP contribution >= 0.6 is 15.9 Å². The summed E-state index contributed by atoms with van der Waals surface area (Å²) in [5, 5.41) is 6.90. The quantitative estimate of drug-likeness (QED) is 0.234. The van der Waals surface area contributed by atoms with Gasteiger partial charge in [0.15, 0.2) is 0 Å². The Hall–Kier alpha value is -4.17. The molecule has 38 heavy (non-hydrogen) atoms. The second kappa shape index (κ2) is 11.9. The molecule has 0 aliphatic heterocycles. The molecule has 0 radical (unpaired) electrons. The average molecular weight is 577 g/mol. The maximum absolute atomic E-state index is 13.1. The second-order valence-electron chi connectivity index (χ2n) is 8.34. The van der Waals surface area contributed by atoms with Gasteiger partial charge in [0.25, 0.3) is 5.91 Å². The summed E-state index contributed by atoms with van der Waals surface area (Å²) < 4.78 is 31.5. The highest BCUT2D eigenvalue weighted by Gasteiger charge is 2.17. The zero-order valence-corrected chi connectivity index (χ0v) is 22.2. The smallest absolute Gasteiger partial charge is 0.325 e. The van der Waals surface area contributed by atoms with Crippen LogP contribution in [0.1, 0.15) is 15.9 Å². The van der Waals surface area contributed by atoms with E-state index in [1.807, 2.05) is 17.6 Å². The molecule has 0 aliphatic carbocycles. The molecule has 0 atom stereocenters. The molecule has 4 aromatic carbocycles. The van der Waals surface area contributed by atoms with Gasteiger partial charge in [-0.25, -0.2) is 8.78 Å². The third kappa shape index (κ3) is 5.70. The summed E-state index contributed by atoms with van der Waals surface area (Å²) in [6, 6.07) is 24.2. The first-order chi connectivity index (χ1) is 18.3. The Morgan fingerprint density at radius 2 is 1.50 bits per heavy atom. The zero-order valence-electron chi connectivity index (χ0n) is 20.6. The number of rotatable bonds is 4. The van der Waals surface area contributed by atoms with Gasteiger partial charge in [-0.2, -0.15) is 0 Å². The van der Waals surface area contributed by atoms with Gasteiger partial charge in [0.2, 0.25) is 0 Å². The lowest BCUT2D eigenvalue weighted by molar-refractivity contribution is -0.139. The molecule has 0 unspecified atom stereocenters. The summed E-state index contributed by atoms with van der Waals surface area (Å²) >= 11 is 3.76. The molecular weight excluding hydrogens is 554 g/mol. The van der Waals surface area contributed by atoms with E-state index >= 15 is 0 Å². The summed E-state index contributed by atoms with van der Waals surface area (Å²) in [7, 11) is 1.14. The maximum Gasteiger partial charge on any atom is 0.325 e. The van der Waals surface area contributed by atoms with Gasteiger partial charge in [0.1, 0.15) is 23.7 Å². The number of aryl methyl sites for hydroxylation is 1. The number of esters is 1. The van der Waals surface area contributed by atoms with Crippen molar-refractivity contribution >= 4 is 49.4 Å². The molecule has 1 heterocycles. The Bertz CT molecular complexity index is 1640. The fraction of sp³-hybridized carbons (Fsp3) is 0.100. The van der Waals surface area contributed by atoms with Crippen molar-refractivity contribution in [2.24, 2.45) is 0 Å². The number of fused-ring (bicyclic) bond motifs is 2. The molecule has 0 spiro atoms. The molecule has 1 N–H and O–H groups in total. The predicted octanol–water partition coefficient (Wildman–Crippen LogP) is 6.99. The number of benzene rings is 4. The predicted molar refractivity (Wildman–Crippen MR) is 148 cm³/mol. The zero-order chi connectivity index (χ0) is 27.2. The summed E-state index contributed by atoms with van der Waals surface area (Å²) in [6.07, 6.45) is 1.95. The molecular formula is C30H23BrF2N2O3. The molecule has 1 aromatic heterocycles. The first-order valence-corrected chi connectivity index (χ1v) is 12.4. The van der Waals surface area contributed by atoms with Crippen molar-refractivity contribution in [3.05, 3.63) is 112 Å². The van der Waals surface area contributed by atoms with Crippen LogP contribution in [0.5, 0.6) is 0 Å². The molecule has 8 heteroatoms. The highest BCUT2D eigenvalue weighted by atomic mass is 79.9. The number of carbonyl (C=O) groups excluding carboxylic acids is 2. The minimum atomic E-state index is -0.999. The van der Waals surface area contributed by atoms with Crippen molar-refractivity contribution in [3.8, 4) is 11.3 Å². The lowest BCUT2D eigenvalue weighted by Gasteiger charge is -2.11. The maximum atomic E-state index is 13.1. The van der Waals surface area contributed by atoms with Gasteiger partial charge in [-0.1, -0.05) is 66.7 Å². The van der Waals surface area contributed by atoms with E-state index in [1.165, 1.54) is 27.3 Å². The van der Waals surface area contributed by atoms with Gasteiger partial charge in [0.05, 0.1) is 17.3 Å². The Kier molecular flexibility index (Phi) is 8.43. The number of carbonyl (C=O) groups is 2. The Balaban J connectivity index is 0.000000188. The Morgan fingerprint density at radius 3 is 2.18 bits per heavy atom. The van der Waals surface area contributed by atoms with Crippen LogP contribution in [0.3, 0.4) is 0 Å². The lowest BCUT2D eigenvalue weighted by Crippen LogP contribution is -2.31. The summed E-state index contributed by atoms with van der Waals surface area (Å²) in [4.78, 5) is 26.7. The second-order valence-corrected chi connectivity index (χ2v) is 9.13. The molecule has 0 bridgehead atoms. The number of pyridine rings is 1. The number of methoxy groups -OCH3 is 1. The fourth-order valence-electron chi connectivity index (χ4n) is 4.00. The van der Waals surface area contributed by atoms with E-state index in [0.717, 1.165) is 40.9 Å². The van der Waals surface area contributed by atoms with E-state index in [9.17, 15) is 18.4 Å². The molecule has 5 nitrogen and oxygen atoms in total. The van der Waals surface area contributed by atoms with Gasteiger partial charge in [-0.3, -0.25) is 14.6 Å². The van der Waals surface area contributed by atoms with Crippen LogP contribution in [-0.4, -0.2) is 30.5 Å². The van der Waals surface area contributed by atoms with E-state index in [-0.39, 0.29) is 0 Å². The van der Waals surface area contributed by atoms with Gasteiger partial charge in [0, 0.05) is 17.1 Å². The van der Waals surface area contributed by atoms with Crippen molar-refractivity contribution in [2.75, 3.05) is 13.7 Å². The van der Waals surface area contributed by atoms with E-state index in [0.29, 0.717) is 0 Å². The summed E-state index contributed by atoms with van der Waals surface area (Å²) in [6.45, 7) is 1.71. The van der Waals surface area contributed by atoms with Crippen LogP contribution in [0.25, 0.3) is 32.8 Å².